The molecule has 154 valence electrons. The van der Waals surface area contributed by atoms with Crippen molar-refractivity contribution in [2.75, 3.05) is 14.1 Å². The molecule has 1 amide bonds. The Morgan fingerprint density at radius 3 is 2.52 bits per heavy atom. The third-order valence-electron chi connectivity index (χ3n) is 4.60. The molecule has 1 N–H and O–H groups in total. The quantitative estimate of drug-likeness (QED) is 0.617. The van der Waals surface area contributed by atoms with Crippen LogP contribution in [0.3, 0.4) is 0 Å². The smallest absolute Gasteiger partial charge is 0.251 e. The maximum atomic E-state index is 12.7. The van der Waals surface area contributed by atoms with E-state index in [1.54, 1.807) is 35.7 Å². The molecule has 0 atom stereocenters. The number of aromatic nitrogens is 1. The van der Waals surface area contributed by atoms with Gasteiger partial charge in [0.1, 0.15) is 0 Å². The molecule has 2 heterocycles. The number of amides is 1. The third-order valence-corrected chi connectivity index (χ3v) is 8.42. The van der Waals surface area contributed by atoms with Crippen molar-refractivity contribution in [1.82, 2.24) is 14.6 Å². The van der Waals surface area contributed by atoms with Crippen LogP contribution in [0.15, 0.2) is 34.5 Å². The van der Waals surface area contributed by atoms with Gasteiger partial charge >= 0.3 is 0 Å². The molecule has 9 heteroatoms. The Morgan fingerprint density at radius 2 is 1.90 bits per heavy atom. The number of hydrogen-bond donors (Lipinski definition) is 1. The minimum absolute atomic E-state index is 0.157. The molecular formula is C20H23N3O3S3. The Labute approximate surface area is 179 Å². The van der Waals surface area contributed by atoms with E-state index < -0.39 is 10.0 Å². The highest BCUT2D eigenvalue weighted by molar-refractivity contribution is 7.89. The van der Waals surface area contributed by atoms with E-state index >= 15 is 0 Å². The first-order valence-electron chi connectivity index (χ1n) is 8.93. The maximum Gasteiger partial charge on any atom is 0.251 e. The first-order chi connectivity index (χ1) is 13.6. The average molecular weight is 450 g/mol. The van der Waals surface area contributed by atoms with Crippen LogP contribution in [0.4, 0.5) is 0 Å². The number of thiophene rings is 1. The minimum atomic E-state index is -3.63. The van der Waals surface area contributed by atoms with Gasteiger partial charge in [-0.2, -0.15) is 0 Å². The van der Waals surface area contributed by atoms with E-state index in [0.717, 1.165) is 30.3 Å². The standard InChI is InChI=1S/C20H23N3O3S3/c1-12-8-15(9-19(13(12)2)29(25,26)23(4)5)20(24)21-10-16-6-7-18(28-16)17-11-27-14(3)22-17/h6-9,11H,10H2,1-5H3,(H,21,24). The second-order valence-corrected chi connectivity index (χ2v) is 11.3. The summed E-state index contributed by atoms with van der Waals surface area (Å²) < 4.78 is 26.3. The molecule has 1 aromatic carbocycles. The fourth-order valence-corrected chi connectivity index (χ4v) is 5.59. The van der Waals surface area contributed by atoms with E-state index in [0.29, 0.717) is 17.7 Å². The van der Waals surface area contributed by atoms with E-state index in [2.05, 4.69) is 10.3 Å². The summed E-state index contributed by atoms with van der Waals surface area (Å²) >= 11 is 3.19. The minimum Gasteiger partial charge on any atom is -0.347 e. The molecule has 0 saturated carbocycles. The molecule has 0 bridgehead atoms. The van der Waals surface area contributed by atoms with Crippen LogP contribution < -0.4 is 5.32 Å². The van der Waals surface area contributed by atoms with Crippen molar-refractivity contribution in [2.24, 2.45) is 0 Å². The van der Waals surface area contributed by atoms with E-state index in [1.807, 2.05) is 31.4 Å². The molecule has 3 rings (SSSR count). The second-order valence-electron chi connectivity index (χ2n) is 6.90. The molecule has 0 aliphatic carbocycles. The lowest BCUT2D eigenvalue weighted by atomic mass is 10.1. The fraction of sp³-hybridized carbons (Fsp3) is 0.300. The highest BCUT2D eigenvalue weighted by Crippen LogP contribution is 2.29. The molecule has 2 aromatic heterocycles. The Hall–Kier alpha value is -2.07. The van der Waals surface area contributed by atoms with Gasteiger partial charge in [-0.15, -0.1) is 22.7 Å². The van der Waals surface area contributed by atoms with E-state index in [9.17, 15) is 13.2 Å². The lowest BCUT2D eigenvalue weighted by molar-refractivity contribution is 0.0951. The van der Waals surface area contributed by atoms with Gasteiger partial charge in [-0.25, -0.2) is 17.7 Å². The molecule has 0 fully saturated rings. The molecule has 0 aliphatic heterocycles. The summed E-state index contributed by atoms with van der Waals surface area (Å²) in [4.78, 5) is 19.4. The Morgan fingerprint density at radius 1 is 1.17 bits per heavy atom. The predicted octanol–water partition coefficient (Wildman–Crippen LogP) is 3.98. The van der Waals surface area contributed by atoms with Crippen LogP contribution >= 0.6 is 22.7 Å². The summed E-state index contributed by atoms with van der Waals surface area (Å²) in [5.41, 5.74) is 2.69. The predicted molar refractivity (Wildman–Crippen MR) is 118 cm³/mol. The number of rotatable bonds is 6. The molecular weight excluding hydrogens is 426 g/mol. The number of hydrogen-bond acceptors (Lipinski definition) is 6. The summed E-state index contributed by atoms with van der Waals surface area (Å²) in [6.45, 7) is 5.90. The topological polar surface area (TPSA) is 79.4 Å². The van der Waals surface area contributed by atoms with Gasteiger partial charge in [0.25, 0.3) is 5.91 Å². The van der Waals surface area contributed by atoms with Gasteiger partial charge in [-0.05, 0) is 56.2 Å². The molecule has 6 nitrogen and oxygen atoms in total. The van der Waals surface area contributed by atoms with Crippen molar-refractivity contribution in [1.29, 1.82) is 0 Å². The summed E-state index contributed by atoms with van der Waals surface area (Å²) in [5, 5.41) is 5.92. The van der Waals surface area contributed by atoms with Crippen molar-refractivity contribution in [3.8, 4) is 10.6 Å². The molecule has 29 heavy (non-hydrogen) atoms. The van der Waals surface area contributed by atoms with Crippen LogP contribution in [0.5, 0.6) is 0 Å². The normalized spacial score (nSPS) is 11.8. The Balaban J connectivity index is 1.78. The van der Waals surface area contributed by atoms with Gasteiger partial charge in [0.15, 0.2) is 0 Å². The molecule has 0 radical (unpaired) electrons. The van der Waals surface area contributed by atoms with E-state index in [-0.39, 0.29) is 10.8 Å². The first kappa shape index (κ1) is 21.6. The molecule has 3 aromatic rings. The number of nitrogens with one attached hydrogen (secondary N) is 1. The Bertz CT molecular complexity index is 1160. The van der Waals surface area contributed by atoms with Crippen LogP contribution in [0, 0.1) is 20.8 Å². The lowest BCUT2D eigenvalue weighted by Crippen LogP contribution is -2.26. The number of benzene rings is 1. The molecule has 0 aliphatic rings. The van der Waals surface area contributed by atoms with Gasteiger partial charge in [0.05, 0.1) is 27.0 Å². The van der Waals surface area contributed by atoms with Crippen LogP contribution in [0.2, 0.25) is 0 Å². The monoisotopic (exact) mass is 449 g/mol. The van der Waals surface area contributed by atoms with E-state index in [4.69, 9.17) is 0 Å². The first-order valence-corrected chi connectivity index (χ1v) is 12.1. The van der Waals surface area contributed by atoms with Crippen molar-refractivity contribution >= 4 is 38.6 Å². The van der Waals surface area contributed by atoms with Crippen molar-refractivity contribution < 1.29 is 13.2 Å². The molecule has 0 saturated heterocycles. The van der Waals surface area contributed by atoms with Gasteiger partial charge in [-0.1, -0.05) is 0 Å². The number of aryl methyl sites for hydroxylation is 2. The largest absolute Gasteiger partial charge is 0.347 e. The van der Waals surface area contributed by atoms with Gasteiger partial charge in [0, 0.05) is 29.9 Å². The zero-order valence-electron chi connectivity index (χ0n) is 16.9. The maximum absolute atomic E-state index is 12.7. The van der Waals surface area contributed by atoms with Gasteiger partial charge in [0.2, 0.25) is 10.0 Å². The SMILES string of the molecule is Cc1nc(-c2ccc(CNC(=O)c3cc(C)c(C)c(S(=O)(=O)N(C)C)c3)s2)cs1. The summed E-state index contributed by atoms with van der Waals surface area (Å²) in [6.07, 6.45) is 0. The number of carbonyl (C=O) groups is 1. The van der Waals surface area contributed by atoms with Gasteiger partial charge in [-0.3, -0.25) is 4.79 Å². The number of nitrogens with zero attached hydrogens (tertiary/aromatic N) is 2. The lowest BCUT2D eigenvalue weighted by Gasteiger charge is -2.16. The van der Waals surface area contributed by atoms with Crippen LogP contribution in [-0.4, -0.2) is 37.7 Å². The Kier molecular flexibility index (Phi) is 6.23. The molecule has 0 unspecified atom stereocenters. The number of carbonyl (C=O) groups excluding carboxylic acids is 1. The summed E-state index contributed by atoms with van der Waals surface area (Å²) in [6, 6.07) is 7.14. The summed E-state index contributed by atoms with van der Waals surface area (Å²) in [7, 11) is -0.667. The summed E-state index contributed by atoms with van der Waals surface area (Å²) in [5.74, 6) is -0.303. The van der Waals surface area contributed by atoms with Crippen LogP contribution in [0.25, 0.3) is 10.6 Å². The second kappa shape index (κ2) is 8.35. The number of thiazole rings is 1. The van der Waals surface area contributed by atoms with Crippen molar-refractivity contribution in [3.05, 3.63) is 56.2 Å². The van der Waals surface area contributed by atoms with Crippen molar-refractivity contribution in [3.63, 3.8) is 0 Å². The molecule has 0 spiro atoms. The van der Waals surface area contributed by atoms with Crippen LogP contribution in [0.1, 0.15) is 31.4 Å². The average Bonchev–Trinajstić information content (AvgIpc) is 3.30. The van der Waals surface area contributed by atoms with Gasteiger partial charge < -0.3 is 5.32 Å². The third kappa shape index (κ3) is 4.58. The zero-order chi connectivity index (χ0) is 21.3. The highest BCUT2D eigenvalue weighted by atomic mass is 32.2. The van der Waals surface area contributed by atoms with Crippen molar-refractivity contribution in [2.45, 2.75) is 32.2 Å². The zero-order valence-corrected chi connectivity index (χ0v) is 19.4. The number of sulfonamides is 1. The fourth-order valence-electron chi connectivity index (χ4n) is 2.78. The van der Waals surface area contributed by atoms with E-state index in [1.165, 1.54) is 20.2 Å². The van der Waals surface area contributed by atoms with Crippen LogP contribution in [-0.2, 0) is 16.6 Å². The highest BCUT2D eigenvalue weighted by Gasteiger charge is 2.23.